The summed E-state index contributed by atoms with van der Waals surface area (Å²) in [6, 6.07) is 9.61. The van der Waals surface area contributed by atoms with Gasteiger partial charge in [0, 0.05) is 37.1 Å². The Morgan fingerprint density at radius 3 is 2.90 bits per heavy atom. The smallest absolute Gasteiger partial charge is 0.259 e. The molecular weight excluding hydrogens is 373 g/mol. The van der Waals surface area contributed by atoms with Gasteiger partial charge in [-0.1, -0.05) is 6.07 Å². The van der Waals surface area contributed by atoms with Crippen molar-refractivity contribution >= 4 is 17.5 Å². The summed E-state index contributed by atoms with van der Waals surface area (Å²) >= 11 is 0. The van der Waals surface area contributed by atoms with Crippen LogP contribution in [0.5, 0.6) is 0 Å². The first kappa shape index (κ1) is 18.9. The summed E-state index contributed by atoms with van der Waals surface area (Å²) < 4.78 is 15.2. The van der Waals surface area contributed by atoms with Gasteiger partial charge < -0.3 is 15.2 Å². The minimum Gasteiger partial charge on any atom is -0.365 e. The minimum absolute atomic E-state index is 0.0470. The zero-order chi connectivity index (χ0) is 20.2. The van der Waals surface area contributed by atoms with E-state index in [4.69, 9.17) is 0 Å². The molecule has 0 unspecified atom stereocenters. The Bertz CT molecular complexity index is 1010. The van der Waals surface area contributed by atoms with Crippen molar-refractivity contribution in [1.82, 2.24) is 19.7 Å². The van der Waals surface area contributed by atoms with Gasteiger partial charge in [-0.2, -0.15) is 5.10 Å². The number of fused-ring (bicyclic) bond motifs is 1. The van der Waals surface area contributed by atoms with E-state index in [9.17, 15) is 14.0 Å². The van der Waals surface area contributed by atoms with E-state index < -0.39 is 5.82 Å². The van der Waals surface area contributed by atoms with Gasteiger partial charge in [-0.3, -0.25) is 14.3 Å². The van der Waals surface area contributed by atoms with Crippen molar-refractivity contribution in [2.75, 3.05) is 11.9 Å². The molecule has 1 aliphatic rings. The normalized spacial score (nSPS) is 13.6. The number of hydrogen-bond acceptors (Lipinski definition) is 3. The zero-order valence-corrected chi connectivity index (χ0v) is 15.9. The predicted octanol–water partition coefficient (Wildman–Crippen LogP) is 2.97. The molecule has 29 heavy (non-hydrogen) atoms. The largest absolute Gasteiger partial charge is 0.365 e. The van der Waals surface area contributed by atoms with Crippen LogP contribution in [0.3, 0.4) is 0 Å². The van der Waals surface area contributed by atoms with Crippen LogP contribution in [0.4, 0.5) is 10.1 Å². The molecule has 8 heteroatoms. The van der Waals surface area contributed by atoms with Gasteiger partial charge in [-0.15, -0.1) is 0 Å². The number of carbonyl (C=O) groups is 2. The average Bonchev–Trinajstić information content (AvgIpc) is 3.31. The molecule has 4 rings (SSSR count). The van der Waals surface area contributed by atoms with E-state index in [1.54, 1.807) is 15.6 Å². The average molecular weight is 395 g/mol. The van der Waals surface area contributed by atoms with Crippen LogP contribution in [0.15, 0.2) is 48.8 Å². The number of halogens is 1. The highest BCUT2D eigenvalue weighted by molar-refractivity contribution is 6.05. The molecule has 3 aromatic rings. The molecule has 7 nitrogen and oxygen atoms in total. The summed E-state index contributed by atoms with van der Waals surface area (Å²) in [5.74, 6) is -0.737. The summed E-state index contributed by atoms with van der Waals surface area (Å²) in [6.45, 7) is 1.59. The number of aromatic amines is 1. The van der Waals surface area contributed by atoms with Crippen molar-refractivity contribution in [3.63, 3.8) is 0 Å². The molecule has 3 heterocycles. The fourth-order valence-electron chi connectivity index (χ4n) is 3.53. The lowest BCUT2D eigenvalue weighted by Crippen LogP contribution is -2.31. The van der Waals surface area contributed by atoms with E-state index in [1.807, 2.05) is 18.3 Å². The van der Waals surface area contributed by atoms with Crippen LogP contribution in [-0.2, 0) is 24.3 Å². The second kappa shape index (κ2) is 8.30. The van der Waals surface area contributed by atoms with E-state index in [0.717, 1.165) is 12.1 Å². The Morgan fingerprint density at radius 1 is 1.21 bits per heavy atom. The number of nitrogens with one attached hydrogen (secondary N) is 2. The van der Waals surface area contributed by atoms with E-state index in [2.05, 4.69) is 15.4 Å². The quantitative estimate of drug-likeness (QED) is 0.697. The number of amides is 2. The first-order valence-electron chi connectivity index (χ1n) is 9.62. The molecule has 0 saturated carbocycles. The van der Waals surface area contributed by atoms with Crippen LogP contribution in [0.25, 0.3) is 0 Å². The lowest BCUT2D eigenvalue weighted by molar-refractivity contribution is -0.131. The van der Waals surface area contributed by atoms with Crippen molar-refractivity contribution in [2.24, 2.45) is 0 Å². The van der Waals surface area contributed by atoms with Gasteiger partial charge in [-0.25, -0.2) is 4.39 Å². The molecule has 0 radical (unpaired) electrons. The van der Waals surface area contributed by atoms with Crippen molar-refractivity contribution in [2.45, 2.75) is 32.4 Å². The molecule has 1 aromatic carbocycles. The molecule has 0 atom stereocenters. The van der Waals surface area contributed by atoms with Crippen molar-refractivity contribution in [3.8, 4) is 0 Å². The molecule has 0 spiro atoms. The predicted molar refractivity (Wildman–Crippen MR) is 106 cm³/mol. The number of aromatic nitrogens is 3. The Balaban J connectivity index is 1.47. The van der Waals surface area contributed by atoms with Gasteiger partial charge in [0.25, 0.3) is 5.91 Å². The molecule has 2 N–H and O–H groups in total. The van der Waals surface area contributed by atoms with E-state index in [-0.39, 0.29) is 11.8 Å². The molecule has 150 valence electrons. The van der Waals surface area contributed by atoms with Crippen LogP contribution in [0.2, 0.25) is 0 Å². The first-order chi connectivity index (χ1) is 14.1. The van der Waals surface area contributed by atoms with Crippen LogP contribution in [0, 0.1) is 5.82 Å². The standard InChI is InChI=1S/C21H22FN5O2/c22-15-4-1-5-17(12-15)25-21(29)18-13-24-27-11-3-10-26(14-19(18)27)20(28)8-7-16-6-2-9-23-16/h1-2,4-6,9,12-13,23H,3,7-8,10-11,14H2,(H,25,29). The third-order valence-corrected chi connectivity index (χ3v) is 5.04. The summed E-state index contributed by atoms with van der Waals surface area (Å²) in [5.41, 5.74) is 2.50. The molecule has 0 bridgehead atoms. The van der Waals surface area contributed by atoms with Gasteiger partial charge in [0.2, 0.25) is 5.91 Å². The van der Waals surface area contributed by atoms with Gasteiger partial charge >= 0.3 is 0 Å². The molecule has 1 aliphatic heterocycles. The zero-order valence-electron chi connectivity index (χ0n) is 15.9. The van der Waals surface area contributed by atoms with Crippen molar-refractivity contribution in [1.29, 1.82) is 0 Å². The molecule has 0 fully saturated rings. The third-order valence-electron chi connectivity index (χ3n) is 5.04. The number of nitrogens with zero attached hydrogens (tertiary/aromatic N) is 3. The summed E-state index contributed by atoms with van der Waals surface area (Å²) in [6.07, 6.45) is 5.17. The highest BCUT2D eigenvalue weighted by atomic mass is 19.1. The second-order valence-electron chi connectivity index (χ2n) is 7.06. The fourth-order valence-corrected chi connectivity index (χ4v) is 3.53. The SMILES string of the molecule is O=C(Nc1cccc(F)c1)c1cnn2c1CN(C(=O)CCc1ccc[nH]1)CCC2. The first-order valence-corrected chi connectivity index (χ1v) is 9.62. The number of carbonyl (C=O) groups excluding carboxylic acids is 2. The second-order valence-corrected chi connectivity index (χ2v) is 7.06. The van der Waals surface area contributed by atoms with E-state index >= 15 is 0 Å². The Labute approximate surface area is 167 Å². The molecular formula is C21H22FN5O2. The maximum Gasteiger partial charge on any atom is 0.259 e. The highest BCUT2D eigenvalue weighted by Crippen LogP contribution is 2.19. The number of aryl methyl sites for hydroxylation is 2. The third kappa shape index (κ3) is 4.37. The summed E-state index contributed by atoms with van der Waals surface area (Å²) in [5, 5.41) is 7.02. The fraction of sp³-hybridized carbons (Fsp3) is 0.286. The summed E-state index contributed by atoms with van der Waals surface area (Å²) in [4.78, 5) is 30.3. The molecule has 2 amide bonds. The molecule has 0 aliphatic carbocycles. The summed E-state index contributed by atoms with van der Waals surface area (Å²) in [7, 11) is 0. The van der Waals surface area contributed by atoms with Gasteiger partial charge in [0.15, 0.2) is 0 Å². The minimum atomic E-state index is -0.421. The van der Waals surface area contributed by atoms with Gasteiger partial charge in [0.05, 0.1) is 24.0 Å². The topological polar surface area (TPSA) is 83.0 Å². The Hall–Kier alpha value is -3.42. The monoisotopic (exact) mass is 395 g/mol. The number of anilines is 1. The lowest BCUT2D eigenvalue weighted by atomic mass is 10.2. The van der Waals surface area contributed by atoms with Crippen LogP contribution in [0.1, 0.15) is 34.6 Å². The molecule has 2 aromatic heterocycles. The Kier molecular flexibility index (Phi) is 5.41. The molecule has 0 saturated heterocycles. The Morgan fingerprint density at radius 2 is 2.10 bits per heavy atom. The van der Waals surface area contributed by atoms with Crippen LogP contribution < -0.4 is 5.32 Å². The van der Waals surface area contributed by atoms with Gasteiger partial charge in [0.1, 0.15) is 5.82 Å². The van der Waals surface area contributed by atoms with Crippen LogP contribution >= 0.6 is 0 Å². The van der Waals surface area contributed by atoms with E-state index in [1.165, 1.54) is 24.4 Å². The van der Waals surface area contributed by atoms with Crippen molar-refractivity contribution < 1.29 is 14.0 Å². The van der Waals surface area contributed by atoms with Crippen LogP contribution in [-0.4, -0.2) is 38.0 Å². The number of benzene rings is 1. The highest BCUT2D eigenvalue weighted by Gasteiger charge is 2.25. The maximum absolute atomic E-state index is 13.4. The number of H-pyrrole nitrogens is 1. The maximum atomic E-state index is 13.4. The number of hydrogen-bond donors (Lipinski definition) is 2. The number of rotatable bonds is 5. The lowest BCUT2D eigenvalue weighted by Gasteiger charge is -2.20. The van der Waals surface area contributed by atoms with Crippen molar-refractivity contribution in [3.05, 3.63) is 71.6 Å². The van der Waals surface area contributed by atoms with Gasteiger partial charge in [-0.05, 0) is 43.2 Å². The van der Waals surface area contributed by atoms with E-state index in [0.29, 0.717) is 49.4 Å².